The first-order chi connectivity index (χ1) is 3.91. The van der Waals surface area contributed by atoms with Crippen LogP contribution in [-0.2, 0) is 17.0 Å². The predicted molar refractivity (Wildman–Crippen MR) is 36.5 cm³/mol. The molecule has 1 heterocycles. The van der Waals surface area contributed by atoms with Gasteiger partial charge in [0.25, 0.3) is 0 Å². The molecule has 1 radical (unpaired) electrons. The topological polar surface area (TPSA) is 12.4 Å². The van der Waals surface area contributed by atoms with Gasteiger partial charge in [0.15, 0.2) is 0 Å². The van der Waals surface area contributed by atoms with Crippen LogP contribution >= 0.6 is 30.4 Å². The van der Waals surface area contributed by atoms with Gasteiger partial charge in [-0.15, -0.1) is 11.8 Å². The average molecular weight is 205 g/mol. The van der Waals surface area contributed by atoms with Crippen LogP contribution in [0.25, 0.3) is 0 Å². The van der Waals surface area contributed by atoms with Gasteiger partial charge >= 0.3 is 35.6 Å². The Hall–Kier alpha value is 1.31. The van der Waals surface area contributed by atoms with Gasteiger partial charge in [-0.1, -0.05) is 0 Å². The zero-order valence-corrected chi connectivity index (χ0v) is 7.92. The van der Waals surface area contributed by atoms with E-state index in [1.807, 2.05) is 0 Å². The average Bonchev–Trinajstić information content (AvgIpc) is 2.17. The van der Waals surface area contributed by atoms with E-state index in [9.17, 15) is 0 Å². The second-order valence-corrected chi connectivity index (χ2v) is 4.35. The van der Waals surface area contributed by atoms with Crippen LogP contribution in [0.5, 0.6) is 0 Å². The molecule has 0 saturated heterocycles. The fourth-order valence-electron chi connectivity index (χ4n) is 0.228. The van der Waals surface area contributed by atoms with Crippen LogP contribution in [0.1, 0.15) is 0 Å². The number of aliphatic imine (C=N–C) groups is 1. The Bertz CT molecular complexity index is 64.3. The number of thioether (sulfide) groups is 1. The van der Waals surface area contributed by atoms with Crippen LogP contribution in [0.2, 0.25) is 0 Å². The molecule has 0 aliphatic carbocycles. The third-order valence-electron chi connectivity index (χ3n) is 0.434. The maximum absolute atomic E-state index is 4.89. The molecule has 0 amide bonds. The third kappa shape index (κ3) is 7.31. The summed E-state index contributed by atoms with van der Waals surface area (Å²) in [6.45, 7) is 0.977. The Balaban J connectivity index is 0.000000145. The SMILES string of the molecule is [C]1=NCCS1.[Cl][Ti][Cl]. The van der Waals surface area contributed by atoms with E-state index >= 15 is 0 Å². The van der Waals surface area contributed by atoms with Crippen molar-refractivity contribution < 1.29 is 17.0 Å². The zero-order chi connectivity index (χ0) is 6.24. The van der Waals surface area contributed by atoms with Gasteiger partial charge in [-0.05, 0) is 0 Å². The van der Waals surface area contributed by atoms with Gasteiger partial charge in [0.1, 0.15) is 5.55 Å². The molecule has 1 aliphatic heterocycles. The summed E-state index contributed by atoms with van der Waals surface area (Å²) < 4.78 is 0. The van der Waals surface area contributed by atoms with Gasteiger partial charge in [0.05, 0.1) is 0 Å². The van der Waals surface area contributed by atoms with Crippen LogP contribution in [0, 0.1) is 0 Å². The van der Waals surface area contributed by atoms with Gasteiger partial charge in [0, 0.05) is 12.3 Å². The normalized spacial score (nSPS) is 14.8. The second kappa shape index (κ2) is 8.31. The van der Waals surface area contributed by atoms with Crippen LogP contribution in [0.3, 0.4) is 0 Å². The summed E-state index contributed by atoms with van der Waals surface area (Å²) in [5, 5.41) is 0. The van der Waals surface area contributed by atoms with E-state index in [1.54, 1.807) is 11.8 Å². The number of hydrogen-bond donors (Lipinski definition) is 0. The number of rotatable bonds is 0. The number of nitrogens with zero attached hydrogens (tertiary/aromatic N) is 1. The molecule has 0 fully saturated rings. The summed E-state index contributed by atoms with van der Waals surface area (Å²) >= 11 is 1.10. The fraction of sp³-hybridized carbons (Fsp3) is 0.667. The maximum atomic E-state index is 4.89. The Labute approximate surface area is 69.9 Å². The van der Waals surface area contributed by atoms with E-state index in [1.165, 1.54) is 0 Å². The molecule has 45 valence electrons. The van der Waals surface area contributed by atoms with E-state index in [-0.39, 0.29) is 0 Å². The number of halogens is 2. The summed E-state index contributed by atoms with van der Waals surface area (Å²) in [5.41, 5.74) is 2.76. The standard InChI is InChI=1S/C3H4NS.2ClH.Ti/c1-2-5-3-4-1;;;/h1-2H2;2*1H;/q;;;+2/p-2. The van der Waals surface area contributed by atoms with E-state index in [4.69, 9.17) is 18.6 Å². The molecule has 8 heavy (non-hydrogen) atoms. The Morgan fingerprint density at radius 1 is 1.62 bits per heavy atom. The third-order valence-corrected chi connectivity index (χ3v) is 1.08. The Morgan fingerprint density at radius 2 is 2.25 bits per heavy atom. The molecule has 0 aromatic rings. The van der Waals surface area contributed by atoms with Crippen LogP contribution in [0.15, 0.2) is 4.99 Å². The molecule has 0 spiro atoms. The molecule has 0 atom stereocenters. The molecule has 1 rings (SSSR count). The van der Waals surface area contributed by atoms with Crippen molar-refractivity contribution in [1.29, 1.82) is 0 Å². The van der Waals surface area contributed by atoms with Crippen molar-refractivity contribution in [2.75, 3.05) is 12.3 Å². The van der Waals surface area contributed by atoms with Crippen molar-refractivity contribution in [3.8, 4) is 0 Å². The quantitative estimate of drug-likeness (QED) is 0.551. The van der Waals surface area contributed by atoms with Crippen molar-refractivity contribution in [2.45, 2.75) is 0 Å². The van der Waals surface area contributed by atoms with Gasteiger partial charge < -0.3 is 0 Å². The van der Waals surface area contributed by atoms with E-state index in [0.29, 0.717) is 0 Å². The van der Waals surface area contributed by atoms with Crippen molar-refractivity contribution in [1.82, 2.24) is 0 Å². The fourth-order valence-corrected chi connectivity index (χ4v) is 0.685. The molecule has 0 aromatic heterocycles. The summed E-state index contributed by atoms with van der Waals surface area (Å²) in [6.07, 6.45) is 0. The first-order valence-corrected chi connectivity index (χ1v) is 7.19. The first-order valence-electron chi connectivity index (χ1n) is 1.91. The molecular formula is C3H4Cl2NSTi. The minimum absolute atomic E-state index is 0.556. The monoisotopic (exact) mass is 204 g/mol. The second-order valence-electron chi connectivity index (χ2n) is 0.893. The zero-order valence-electron chi connectivity index (χ0n) is 4.03. The first kappa shape index (κ1) is 9.31. The molecular weight excluding hydrogens is 201 g/mol. The van der Waals surface area contributed by atoms with Crippen molar-refractivity contribution in [2.24, 2.45) is 4.99 Å². The van der Waals surface area contributed by atoms with E-state index in [2.05, 4.69) is 10.5 Å². The van der Waals surface area contributed by atoms with Gasteiger partial charge in [-0.25, -0.2) is 0 Å². The molecule has 1 aliphatic rings. The molecule has 0 unspecified atom stereocenters. The predicted octanol–water partition coefficient (Wildman–Crippen LogP) is 2.02. The summed E-state index contributed by atoms with van der Waals surface area (Å²) in [6, 6.07) is 0. The summed E-state index contributed by atoms with van der Waals surface area (Å²) in [7, 11) is 9.78. The summed E-state index contributed by atoms with van der Waals surface area (Å²) in [4.78, 5) is 3.80. The van der Waals surface area contributed by atoms with Gasteiger partial charge in [-0.2, -0.15) is 0 Å². The Kier molecular flexibility index (Phi) is 9.68. The van der Waals surface area contributed by atoms with E-state index < -0.39 is 17.0 Å². The van der Waals surface area contributed by atoms with Crippen molar-refractivity contribution >= 4 is 35.9 Å². The van der Waals surface area contributed by atoms with Crippen LogP contribution < -0.4 is 0 Å². The molecule has 0 saturated carbocycles. The molecule has 5 heteroatoms. The van der Waals surface area contributed by atoms with Crippen LogP contribution in [0.4, 0.5) is 0 Å². The van der Waals surface area contributed by atoms with Gasteiger partial charge in [-0.3, -0.25) is 4.99 Å². The van der Waals surface area contributed by atoms with Gasteiger partial charge in [0.2, 0.25) is 0 Å². The van der Waals surface area contributed by atoms with Crippen molar-refractivity contribution in [3.05, 3.63) is 0 Å². The van der Waals surface area contributed by atoms with Crippen molar-refractivity contribution in [3.63, 3.8) is 0 Å². The Morgan fingerprint density at radius 3 is 2.38 bits per heavy atom. The minimum atomic E-state index is -0.556. The van der Waals surface area contributed by atoms with Crippen LogP contribution in [-0.4, -0.2) is 17.8 Å². The molecule has 0 N–H and O–H groups in total. The molecule has 1 nitrogen and oxygen atoms in total. The molecule has 0 bridgehead atoms. The van der Waals surface area contributed by atoms with E-state index in [0.717, 1.165) is 12.3 Å². The molecule has 0 aromatic carbocycles. The number of hydrogen-bond acceptors (Lipinski definition) is 2. The summed E-state index contributed by atoms with van der Waals surface area (Å²) in [5.74, 6) is 1.14.